The molecule has 0 fully saturated rings. The number of carbonyl (C=O) groups excluding carboxylic acids is 2. The van der Waals surface area contributed by atoms with Crippen molar-refractivity contribution in [3.05, 3.63) is 82.4 Å². The predicted molar refractivity (Wildman–Crippen MR) is 110 cm³/mol. The first-order valence-corrected chi connectivity index (χ1v) is 9.78. The molecule has 0 bridgehead atoms. The Bertz CT molecular complexity index is 1210. The molecule has 5 rings (SSSR count). The van der Waals surface area contributed by atoms with Gasteiger partial charge in [-0.2, -0.15) is 0 Å². The van der Waals surface area contributed by atoms with Gasteiger partial charge in [-0.25, -0.2) is 4.79 Å². The van der Waals surface area contributed by atoms with Crippen molar-refractivity contribution in [2.75, 3.05) is 0 Å². The Labute approximate surface area is 177 Å². The largest absolute Gasteiger partial charge is 0.508 e. The quantitative estimate of drug-likeness (QED) is 0.560. The van der Waals surface area contributed by atoms with E-state index in [2.05, 4.69) is 0 Å². The number of phenols is 2. The van der Waals surface area contributed by atoms with Gasteiger partial charge in [-0.1, -0.05) is 18.2 Å². The van der Waals surface area contributed by atoms with Gasteiger partial charge in [0.05, 0.1) is 11.6 Å². The van der Waals surface area contributed by atoms with E-state index in [4.69, 9.17) is 15.2 Å². The normalized spacial score (nSPS) is 16.0. The van der Waals surface area contributed by atoms with Crippen LogP contribution in [0.4, 0.5) is 0 Å². The number of rotatable bonds is 3. The lowest BCUT2D eigenvalue weighted by Crippen LogP contribution is -2.33. The number of Topliss-reactive ketones (excluding diaryl/α,β-unsaturated/α-hetero) is 1. The van der Waals surface area contributed by atoms with Crippen molar-refractivity contribution in [2.45, 2.75) is 25.0 Å². The van der Waals surface area contributed by atoms with Crippen molar-refractivity contribution in [3.8, 4) is 23.0 Å². The van der Waals surface area contributed by atoms with Gasteiger partial charge in [-0.3, -0.25) is 4.79 Å². The minimum absolute atomic E-state index is 0.0109. The summed E-state index contributed by atoms with van der Waals surface area (Å²) in [6.07, 6.45) is 0.199. The Morgan fingerprint density at radius 3 is 2.19 bits per heavy atom. The number of aromatic hydroxyl groups is 2. The summed E-state index contributed by atoms with van der Waals surface area (Å²) in [5.41, 5.74) is 7.30. The number of carbonyl (C=O) groups is 2. The Morgan fingerprint density at radius 2 is 1.61 bits per heavy atom. The van der Waals surface area contributed by atoms with Gasteiger partial charge in [0.1, 0.15) is 28.8 Å². The molecule has 2 aliphatic heterocycles. The van der Waals surface area contributed by atoms with Crippen LogP contribution < -0.4 is 10.5 Å². The second kappa shape index (κ2) is 6.58. The second-order valence-electron chi connectivity index (χ2n) is 7.79. The summed E-state index contributed by atoms with van der Waals surface area (Å²) in [5.74, 6) is -0.117. The van der Waals surface area contributed by atoms with Gasteiger partial charge in [0.15, 0.2) is 5.60 Å². The zero-order chi connectivity index (χ0) is 21.9. The Balaban J connectivity index is 1.80. The molecule has 0 saturated carbocycles. The van der Waals surface area contributed by atoms with Crippen molar-refractivity contribution < 1.29 is 29.3 Å². The predicted octanol–water partition coefficient (Wildman–Crippen LogP) is 3.12. The third kappa shape index (κ3) is 2.70. The van der Waals surface area contributed by atoms with E-state index in [9.17, 15) is 19.8 Å². The lowest BCUT2D eigenvalue weighted by molar-refractivity contribution is -0.118. The first kappa shape index (κ1) is 19.1. The summed E-state index contributed by atoms with van der Waals surface area (Å²) in [7, 11) is 0. The average molecular weight is 417 g/mol. The maximum Gasteiger partial charge on any atom is 0.340 e. The molecule has 2 aliphatic rings. The highest BCUT2D eigenvalue weighted by Crippen LogP contribution is 2.57. The van der Waals surface area contributed by atoms with Crippen LogP contribution in [-0.4, -0.2) is 28.0 Å². The fourth-order valence-corrected chi connectivity index (χ4v) is 4.37. The Hall–Kier alpha value is -3.84. The van der Waals surface area contributed by atoms with Crippen LogP contribution in [0.3, 0.4) is 0 Å². The molecular weight excluding hydrogens is 398 g/mol. The molecule has 3 aromatic rings. The van der Waals surface area contributed by atoms with E-state index in [1.807, 2.05) is 0 Å². The summed E-state index contributed by atoms with van der Waals surface area (Å²) < 4.78 is 12.0. The minimum atomic E-state index is -1.33. The van der Waals surface area contributed by atoms with Crippen LogP contribution in [0.15, 0.2) is 54.6 Å². The number of ether oxygens (including phenoxy) is 2. The van der Waals surface area contributed by atoms with E-state index in [1.165, 1.54) is 31.2 Å². The standard InChI is InChI=1S/C24H19NO6/c1-12(26)19(25)9-13-3-2-4-18-22(13)23(29)31-24(18)16-7-5-14(27)10-20(16)30-21-11-15(28)6-8-17(21)24/h2-8,10-11,19,27-28H,9,25H2,1H3. The van der Waals surface area contributed by atoms with Crippen LogP contribution >= 0.6 is 0 Å². The maximum absolute atomic E-state index is 13.2. The van der Waals surface area contributed by atoms with Gasteiger partial charge in [0.25, 0.3) is 0 Å². The van der Waals surface area contributed by atoms with Gasteiger partial charge in [-0.05, 0) is 43.2 Å². The maximum atomic E-state index is 13.2. The Morgan fingerprint density at radius 1 is 1.00 bits per heavy atom. The van der Waals surface area contributed by atoms with Crippen molar-refractivity contribution >= 4 is 11.8 Å². The monoisotopic (exact) mass is 417 g/mol. The summed E-state index contributed by atoms with van der Waals surface area (Å²) >= 11 is 0. The molecule has 7 heteroatoms. The Kier molecular flexibility index (Phi) is 4.06. The highest BCUT2D eigenvalue weighted by atomic mass is 16.6. The lowest BCUT2D eigenvalue weighted by Gasteiger charge is -2.36. The molecule has 31 heavy (non-hydrogen) atoms. The van der Waals surface area contributed by atoms with Crippen LogP contribution in [0.5, 0.6) is 23.0 Å². The summed E-state index contributed by atoms with van der Waals surface area (Å²) in [6, 6.07) is 13.8. The number of nitrogens with two attached hydrogens (primary N) is 1. The summed E-state index contributed by atoms with van der Waals surface area (Å²) in [4.78, 5) is 24.9. The molecule has 1 unspecified atom stereocenters. The third-order valence-electron chi connectivity index (χ3n) is 5.85. The van der Waals surface area contributed by atoms with Gasteiger partial charge in [0, 0.05) is 28.8 Å². The number of fused-ring (bicyclic) bond motifs is 6. The number of ketones is 1. The molecule has 0 radical (unpaired) electrons. The highest BCUT2D eigenvalue weighted by Gasteiger charge is 2.54. The number of hydrogen-bond donors (Lipinski definition) is 3. The molecule has 0 aliphatic carbocycles. The zero-order valence-corrected chi connectivity index (χ0v) is 16.6. The first-order valence-electron chi connectivity index (χ1n) is 9.78. The number of benzene rings is 3. The van der Waals surface area contributed by atoms with E-state index in [-0.39, 0.29) is 23.7 Å². The first-order chi connectivity index (χ1) is 14.8. The minimum Gasteiger partial charge on any atom is -0.508 e. The van der Waals surface area contributed by atoms with Crippen molar-refractivity contribution in [1.82, 2.24) is 0 Å². The van der Waals surface area contributed by atoms with Gasteiger partial charge >= 0.3 is 5.97 Å². The van der Waals surface area contributed by atoms with E-state index in [0.717, 1.165) is 0 Å². The van der Waals surface area contributed by atoms with Crippen molar-refractivity contribution in [3.63, 3.8) is 0 Å². The molecule has 1 spiro atoms. The molecule has 3 aromatic carbocycles. The van der Waals surface area contributed by atoms with Gasteiger partial charge in [-0.15, -0.1) is 0 Å². The number of phenolic OH excluding ortho intramolecular Hbond substituents is 2. The van der Waals surface area contributed by atoms with Crippen LogP contribution in [0.1, 0.15) is 39.5 Å². The molecule has 156 valence electrons. The molecule has 1 atom stereocenters. The van der Waals surface area contributed by atoms with Crippen molar-refractivity contribution in [1.29, 1.82) is 0 Å². The van der Waals surface area contributed by atoms with Crippen molar-refractivity contribution in [2.24, 2.45) is 5.73 Å². The number of hydrogen-bond acceptors (Lipinski definition) is 7. The highest BCUT2D eigenvalue weighted by molar-refractivity contribution is 5.98. The van der Waals surface area contributed by atoms with Gasteiger partial charge < -0.3 is 25.4 Å². The van der Waals surface area contributed by atoms with Crippen LogP contribution in [0, 0.1) is 0 Å². The second-order valence-corrected chi connectivity index (χ2v) is 7.79. The zero-order valence-electron chi connectivity index (χ0n) is 16.6. The molecule has 0 saturated heterocycles. The number of esters is 1. The average Bonchev–Trinajstić information content (AvgIpc) is 3.01. The SMILES string of the molecule is CC(=O)C(N)Cc1cccc2c1C(=O)OC21c2ccc(O)cc2Oc2cc(O)ccc21. The lowest BCUT2D eigenvalue weighted by atomic mass is 9.76. The van der Waals surface area contributed by atoms with Gasteiger partial charge in [0.2, 0.25) is 0 Å². The molecule has 7 nitrogen and oxygen atoms in total. The molecule has 0 amide bonds. The molecule has 2 heterocycles. The van der Waals surface area contributed by atoms with Crippen LogP contribution in [-0.2, 0) is 21.6 Å². The molecule has 0 aromatic heterocycles. The fourth-order valence-electron chi connectivity index (χ4n) is 4.37. The molecular formula is C24H19NO6. The van der Waals surface area contributed by atoms with Crippen LogP contribution in [0.25, 0.3) is 0 Å². The smallest absolute Gasteiger partial charge is 0.340 e. The van der Waals surface area contributed by atoms with E-state index >= 15 is 0 Å². The topological polar surface area (TPSA) is 119 Å². The summed E-state index contributed by atoms with van der Waals surface area (Å²) in [5, 5.41) is 20.0. The fraction of sp³-hybridized carbons (Fsp3) is 0.167. The molecule has 4 N–H and O–H groups in total. The summed E-state index contributed by atoms with van der Waals surface area (Å²) in [6.45, 7) is 1.41. The third-order valence-corrected chi connectivity index (χ3v) is 5.85. The van der Waals surface area contributed by atoms with Crippen LogP contribution in [0.2, 0.25) is 0 Å². The van der Waals surface area contributed by atoms with E-state index in [1.54, 1.807) is 30.3 Å². The van der Waals surface area contributed by atoms with E-state index < -0.39 is 17.6 Å². The van der Waals surface area contributed by atoms with E-state index in [0.29, 0.717) is 39.3 Å².